The molecule has 0 unspecified atom stereocenters. The first-order chi connectivity index (χ1) is 13.3. The number of hydrogen-bond donors (Lipinski definition) is 2. The molecule has 1 aliphatic heterocycles. The van der Waals surface area contributed by atoms with E-state index in [-0.39, 0.29) is 18.4 Å². The van der Waals surface area contributed by atoms with Crippen molar-refractivity contribution in [1.29, 1.82) is 0 Å². The molecule has 7 heteroatoms. The van der Waals surface area contributed by atoms with Gasteiger partial charge in [-0.25, -0.2) is 4.79 Å². The first-order valence-corrected chi connectivity index (χ1v) is 9.97. The fourth-order valence-electron chi connectivity index (χ4n) is 4.14. The summed E-state index contributed by atoms with van der Waals surface area (Å²) in [6.07, 6.45) is 4.26. The Morgan fingerprint density at radius 1 is 1.29 bits per heavy atom. The topological polar surface area (TPSA) is 81.8 Å². The van der Waals surface area contributed by atoms with Crippen molar-refractivity contribution in [2.75, 3.05) is 30.9 Å². The summed E-state index contributed by atoms with van der Waals surface area (Å²) in [6, 6.07) is 5.26. The van der Waals surface area contributed by atoms with Crippen LogP contribution in [0.2, 0.25) is 0 Å². The number of imide groups is 1. The SMILES string of the molecule is CCC1CCC2(CC1)NC(=O)N(CC(=O)Nc1ccc(N(C)C)cc1C)C2=O. The van der Waals surface area contributed by atoms with Crippen LogP contribution in [0.5, 0.6) is 0 Å². The maximum atomic E-state index is 12.9. The highest BCUT2D eigenvalue weighted by molar-refractivity contribution is 6.10. The molecule has 1 heterocycles. The van der Waals surface area contributed by atoms with Gasteiger partial charge in [-0.2, -0.15) is 0 Å². The molecule has 1 saturated carbocycles. The number of aryl methyl sites for hydroxylation is 1. The number of carbonyl (C=O) groups excluding carboxylic acids is 3. The van der Waals surface area contributed by atoms with E-state index >= 15 is 0 Å². The molecule has 152 valence electrons. The van der Waals surface area contributed by atoms with Crippen LogP contribution in [0.4, 0.5) is 16.2 Å². The number of amides is 4. The van der Waals surface area contributed by atoms with E-state index in [4.69, 9.17) is 0 Å². The predicted octanol–water partition coefficient (Wildman–Crippen LogP) is 2.89. The molecule has 1 saturated heterocycles. The summed E-state index contributed by atoms with van der Waals surface area (Å²) in [5.74, 6) is -0.0221. The molecule has 0 aromatic heterocycles. The van der Waals surface area contributed by atoms with E-state index in [0.717, 1.165) is 35.4 Å². The van der Waals surface area contributed by atoms with Gasteiger partial charge >= 0.3 is 6.03 Å². The van der Waals surface area contributed by atoms with E-state index in [1.807, 2.05) is 44.1 Å². The molecule has 0 radical (unpaired) electrons. The Labute approximate surface area is 166 Å². The number of benzene rings is 1. The second kappa shape index (κ2) is 7.81. The Kier molecular flexibility index (Phi) is 5.63. The van der Waals surface area contributed by atoms with Gasteiger partial charge in [-0.3, -0.25) is 14.5 Å². The molecule has 1 aliphatic carbocycles. The lowest BCUT2D eigenvalue weighted by molar-refractivity contribution is -0.135. The van der Waals surface area contributed by atoms with E-state index < -0.39 is 11.6 Å². The third kappa shape index (κ3) is 3.84. The van der Waals surface area contributed by atoms with E-state index in [9.17, 15) is 14.4 Å². The molecule has 2 aliphatic rings. The zero-order valence-corrected chi connectivity index (χ0v) is 17.2. The van der Waals surface area contributed by atoms with Crippen molar-refractivity contribution >= 4 is 29.2 Å². The van der Waals surface area contributed by atoms with Crippen LogP contribution < -0.4 is 15.5 Å². The summed E-state index contributed by atoms with van der Waals surface area (Å²) in [5.41, 5.74) is 1.83. The standard InChI is InChI=1S/C21H30N4O3/c1-5-15-8-10-21(11-9-15)19(27)25(20(28)23-21)13-18(26)22-17-7-6-16(24(3)4)12-14(17)2/h6-7,12,15H,5,8-11,13H2,1-4H3,(H,22,26)(H,23,28). The summed E-state index contributed by atoms with van der Waals surface area (Å²) in [5, 5.41) is 5.69. The number of carbonyl (C=O) groups is 3. The quantitative estimate of drug-likeness (QED) is 0.763. The highest BCUT2D eigenvalue weighted by Gasteiger charge is 2.52. The van der Waals surface area contributed by atoms with E-state index in [1.165, 1.54) is 0 Å². The minimum Gasteiger partial charge on any atom is -0.378 e. The fourth-order valence-corrected chi connectivity index (χ4v) is 4.14. The predicted molar refractivity (Wildman–Crippen MR) is 109 cm³/mol. The van der Waals surface area contributed by atoms with Crippen LogP contribution in [0, 0.1) is 12.8 Å². The third-order valence-corrected chi connectivity index (χ3v) is 6.08. The molecule has 3 rings (SSSR count). The van der Waals surface area contributed by atoms with Gasteiger partial charge in [0, 0.05) is 25.5 Å². The van der Waals surface area contributed by atoms with Gasteiger partial charge in [0.05, 0.1) is 0 Å². The van der Waals surface area contributed by atoms with E-state index in [1.54, 1.807) is 0 Å². The molecule has 2 N–H and O–H groups in total. The number of nitrogens with one attached hydrogen (secondary N) is 2. The average Bonchev–Trinajstić information content (AvgIpc) is 2.88. The lowest BCUT2D eigenvalue weighted by atomic mass is 9.75. The monoisotopic (exact) mass is 386 g/mol. The van der Waals surface area contributed by atoms with E-state index in [0.29, 0.717) is 24.4 Å². The zero-order chi connectivity index (χ0) is 20.5. The van der Waals surface area contributed by atoms with Gasteiger partial charge in [-0.15, -0.1) is 0 Å². The van der Waals surface area contributed by atoms with Gasteiger partial charge in [0.15, 0.2) is 0 Å². The van der Waals surface area contributed by atoms with Gasteiger partial charge in [0.25, 0.3) is 5.91 Å². The minimum atomic E-state index is -0.813. The summed E-state index contributed by atoms with van der Waals surface area (Å²) in [4.78, 5) is 40.9. The number of nitrogens with zero attached hydrogens (tertiary/aromatic N) is 2. The van der Waals surface area contributed by atoms with Gasteiger partial charge < -0.3 is 15.5 Å². The molecule has 0 atom stereocenters. The van der Waals surface area contributed by atoms with Crippen LogP contribution in [0.1, 0.15) is 44.6 Å². The first kappa shape index (κ1) is 20.2. The third-order valence-electron chi connectivity index (χ3n) is 6.08. The van der Waals surface area contributed by atoms with Gasteiger partial charge in [0.1, 0.15) is 12.1 Å². The van der Waals surface area contributed by atoms with Gasteiger partial charge in [-0.05, 0) is 62.3 Å². The number of urea groups is 1. The van der Waals surface area contributed by atoms with Crippen molar-refractivity contribution in [3.05, 3.63) is 23.8 Å². The lowest BCUT2D eigenvalue weighted by Crippen LogP contribution is -2.49. The Hall–Kier alpha value is -2.57. The molecule has 1 spiro atoms. The van der Waals surface area contributed by atoms with Crippen molar-refractivity contribution in [2.24, 2.45) is 5.92 Å². The molecule has 1 aromatic carbocycles. The summed E-state index contributed by atoms with van der Waals surface area (Å²) in [6.45, 7) is 3.80. The number of anilines is 2. The van der Waals surface area contributed by atoms with Crippen molar-refractivity contribution in [1.82, 2.24) is 10.2 Å². The Bertz CT molecular complexity index is 782. The van der Waals surface area contributed by atoms with E-state index in [2.05, 4.69) is 17.6 Å². The van der Waals surface area contributed by atoms with Crippen molar-refractivity contribution < 1.29 is 14.4 Å². The van der Waals surface area contributed by atoms with Crippen molar-refractivity contribution in [3.8, 4) is 0 Å². The van der Waals surface area contributed by atoms with Crippen LogP contribution >= 0.6 is 0 Å². The molecule has 1 aromatic rings. The highest BCUT2D eigenvalue weighted by atomic mass is 16.2. The zero-order valence-electron chi connectivity index (χ0n) is 17.2. The van der Waals surface area contributed by atoms with Crippen LogP contribution in [0.15, 0.2) is 18.2 Å². The maximum absolute atomic E-state index is 12.9. The Morgan fingerprint density at radius 3 is 2.54 bits per heavy atom. The first-order valence-electron chi connectivity index (χ1n) is 9.97. The molecule has 2 fully saturated rings. The van der Waals surface area contributed by atoms with Crippen LogP contribution in [-0.2, 0) is 9.59 Å². The van der Waals surface area contributed by atoms with Gasteiger partial charge in [-0.1, -0.05) is 13.3 Å². The normalized spacial score (nSPS) is 24.4. The largest absolute Gasteiger partial charge is 0.378 e. The minimum absolute atomic E-state index is 0.262. The molecular formula is C21H30N4O3. The smallest absolute Gasteiger partial charge is 0.325 e. The summed E-state index contributed by atoms with van der Waals surface area (Å²) < 4.78 is 0. The number of rotatable bonds is 5. The van der Waals surface area contributed by atoms with Crippen molar-refractivity contribution in [2.45, 2.75) is 51.5 Å². The molecule has 4 amide bonds. The van der Waals surface area contributed by atoms with Crippen molar-refractivity contribution in [3.63, 3.8) is 0 Å². The second-order valence-electron chi connectivity index (χ2n) is 8.20. The van der Waals surface area contributed by atoms with Crippen LogP contribution in [0.3, 0.4) is 0 Å². The second-order valence-corrected chi connectivity index (χ2v) is 8.20. The highest BCUT2D eigenvalue weighted by Crippen LogP contribution is 2.37. The fraction of sp³-hybridized carbons (Fsp3) is 0.571. The molecule has 0 bridgehead atoms. The molecule has 7 nitrogen and oxygen atoms in total. The lowest BCUT2D eigenvalue weighted by Gasteiger charge is -2.34. The molecule has 28 heavy (non-hydrogen) atoms. The summed E-state index contributed by atoms with van der Waals surface area (Å²) >= 11 is 0. The Morgan fingerprint density at radius 2 is 1.96 bits per heavy atom. The number of hydrogen-bond acceptors (Lipinski definition) is 4. The van der Waals surface area contributed by atoms with Crippen LogP contribution in [-0.4, -0.2) is 48.9 Å². The average molecular weight is 386 g/mol. The van der Waals surface area contributed by atoms with Gasteiger partial charge in [0.2, 0.25) is 5.91 Å². The summed E-state index contributed by atoms with van der Waals surface area (Å²) in [7, 11) is 3.91. The molecular weight excluding hydrogens is 356 g/mol. The van der Waals surface area contributed by atoms with Crippen LogP contribution in [0.25, 0.3) is 0 Å². The Balaban J connectivity index is 1.64. The maximum Gasteiger partial charge on any atom is 0.325 e.